The predicted molar refractivity (Wildman–Crippen MR) is 111 cm³/mol. The van der Waals surface area contributed by atoms with E-state index in [9.17, 15) is 19.2 Å². The van der Waals surface area contributed by atoms with E-state index in [1.807, 2.05) is 6.92 Å². The first kappa shape index (κ1) is 21.2. The molecule has 3 rings (SSSR count). The molecule has 30 heavy (non-hydrogen) atoms. The number of Topliss-reactive ketones (excluding diaryl/α,β-unsaturated/α-hetero) is 1. The van der Waals surface area contributed by atoms with Gasteiger partial charge in [0.1, 0.15) is 0 Å². The molecular weight excluding hydrogens is 384 g/mol. The zero-order chi connectivity index (χ0) is 21.7. The predicted octanol–water partition coefficient (Wildman–Crippen LogP) is 3.05. The fourth-order valence-corrected chi connectivity index (χ4v) is 3.37. The molecule has 2 amide bonds. The molecule has 2 aromatic rings. The maximum absolute atomic E-state index is 12.4. The molecule has 0 unspecified atom stereocenters. The molecule has 1 heterocycles. The molecule has 0 radical (unpaired) electrons. The second kappa shape index (κ2) is 9.35. The van der Waals surface area contributed by atoms with Crippen molar-refractivity contribution in [3.8, 4) is 0 Å². The molecule has 0 bridgehead atoms. The highest BCUT2D eigenvalue weighted by Gasteiger charge is 2.22. The molecule has 156 valence electrons. The van der Waals surface area contributed by atoms with Gasteiger partial charge in [0.15, 0.2) is 12.4 Å². The number of nitrogens with zero attached hydrogens (tertiary/aromatic N) is 1. The number of esters is 1. The van der Waals surface area contributed by atoms with Crippen molar-refractivity contribution in [3.05, 3.63) is 65.2 Å². The number of anilines is 1. The van der Waals surface area contributed by atoms with Crippen molar-refractivity contribution in [1.82, 2.24) is 5.32 Å². The summed E-state index contributed by atoms with van der Waals surface area (Å²) in [4.78, 5) is 49.4. The molecule has 1 N–H and O–H groups in total. The van der Waals surface area contributed by atoms with Gasteiger partial charge in [-0.25, -0.2) is 4.79 Å². The first-order chi connectivity index (χ1) is 14.3. The smallest absolute Gasteiger partial charge is 0.338 e. The number of rotatable bonds is 7. The van der Waals surface area contributed by atoms with E-state index in [2.05, 4.69) is 5.32 Å². The molecule has 7 heteroatoms. The maximum atomic E-state index is 12.4. The number of hydrogen-bond donors (Lipinski definition) is 1. The summed E-state index contributed by atoms with van der Waals surface area (Å²) in [7, 11) is 0. The van der Waals surface area contributed by atoms with E-state index in [4.69, 9.17) is 4.74 Å². The summed E-state index contributed by atoms with van der Waals surface area (Å²) >= 11 is 0. The lowest BCUT2D eigenvalue weighted by molar-refractivity contribution is -0.119. The number of carbonyl (C=O) groups is 4. The lowest BCUT2D eigenvalue weighted by atomic mass is 10.0. The van der Waals surface area contributed by atoms with Crippen LogP contribution < -0.4 is 10.2 Å². The Morgan fingerprint density at radius 1 is 1.10 bits per heavy atom. The van der Waals surface area contributed by atoms with E-state index in [0.29, 0.717) is 29.8 Å². The average molecular weight is 408 g/mol. The van der Waals surface area contributed by atoms with Gasteiger partial charge in [-0.1, -0.05) is 30.3 Å². The molecule has 1 aliphatic rings. The minimum atomic E-state index is -0.618. The zero-order valence-corrected chi connectivity index (χ0v) is 17.0. The first-order valence-corrected chi connectivity index (χ1v) is 9.83. The zero-order valence-electron chi connectivity index (χ0n) is 17.0. The van der Waals surface area contributed by atoms with Crippen molar-refractivity contribution < 1.29 is 23.9 Å². The summed E-state index contributed by atoms with van der Waals surface area (Å²) in [5, 5.41) is 2.78. The van der Waals surface area contributed by atoms with E-state index >= 15 is 0 Å². The highest BCUT2D eigenvalue weighted by molar-refractivity contribution is 6.00. The van der Waals surface area contributed by atoms with Crippen LogP contribution >= 0.6 is 0 Å². The Bertz CT molecular complexity index is 968. The Labute approximate surface area is 175 Å². The first-order valence-electron chi connectivity index (χ1n) is 9.83. The van der Waals surface area contributed by atoms with Gasteiger partial charge in [0.2, 0.25) is 11.8 Å². The lowest BCUT2D eigenvalue weighted by Crippen LogP contribution is -2.24. The Hall–Kier alpha value is -3.48. The normalized spacial score (nSPS) is 14.3. The molecular formula is C23H24N2O5. The van der Waals surface area contributed by atoms with Gasteiger partial charge in [0, 0.05) is 31.1 Å². The van der Waals surface area contributed by atoms with E-state index in [0.717, 1.165) is 12.0 Å². The van der Waals surface area contributed by atoms with Gasteiger partial charge < -0.3 is 15.0 Å². The van der Waals surface area contributed by atoms with Crippen molar-refractivity contribution >= 4 is 29.3 Å². The topological polar surface area (TPSA) is 92.8 Å². The van der Waals surface area contributed by atoms with Crippen LogP contribution in [0, 0.1) is 0 Å². The third-order valence-electron chi connectivity index (χ3n) is 4.95. The Morgan fingerprint density at radius 2 is 1.83 bits per heavy atom. The molecule has 1 aliphatic heterocycles. The Balaban J connectivity index is 1.59. The van der Waals surface area contributed by atoms with Crippen LogP contribution in [0.15, 0.2) is 48.5 Å². The number of carbonyl (C=O) groups excluding carboxylic acids is 4. The second-order valence-corrected chi connectivity index (χ2v) is 7.24. The summed E-state index contributed by atoms with van der Waals surface area (Å²) < 4.78 is 5.17. The summed E-state index contributed by atoms with van der Waals surface area (Å²) in [5.41, 5.74) is 2.23. The quantitative estimate of drug-likeness (QED) is 0.561. The van der Waals surface area contributed by atoms with Gasteiger partial charge in [-0.05, 0) is 37.1 Å². The highest BCUT2D eigenvalue weighted by atomic mass is 16.5. The van der Waals surface area contributed by atoms with Gasteiger partial charge in [0.25, 0.3) is 0 Å². The average Bonchev–Trinajstić information content (AvgIpc) is 3.17. The number of hydrogen-bond acceptors (Lipinski definition) is 5. The number of benzene rings is 2. The van der Waals surface area contributed by atoms with Gasteiger partial charge in [0.05, 0.1) is 11.6 Å². The Morgan fingerprint density at radius 3 is 2.47 bits per heavy atom. The van der Waals surface area contributed by atoms with E-state index in [-0.39, 0.29) is 30.2 Å². The Kier molecular flexibility index (Phi) is 6.61. The van der Waals surface area contributed by atoms with Crippen LogP contribution in [0.5, 0.6) is 0 Å². The monoisotopic (exact) mass is 408 g/mol. The number of amides is 2. The number of nitrogens with one attached hydrogen (secondary N) is 1. The molecule has 2 aromatic carbocycles. The fraction of sp³-hybridized carbons (Fsp3) is 0.304. The van der Waals surface area contributed by atoms with Crippen LogP contribution in [-0.4, -0.2) is 36.7 Å². The van der Waals surface area contributed by atoms with Crippen molar-refractivity contribution in [3.63, 3.8) is 0 Å². The summed E-state index contributed by atoms with van der Waals surface area (Å²) in [6, 6.07) is 13.3. The molecule has 7 nitrogen and oxygen atoms in total. The van der Waals surface area contributed by atoms with Gasteiger partial charge in [-0.15, -0.1) is 0 Å². The van der Waals surface area contributed by atoms with Gasteiger partial charge >= 0.3 is 5.97 Å². The van der Waals surface area contributed by atoms with Crippen molar-refractivity contribution in [2.24, 2.45) is 0 Å². The maximum Gasteiger partial charge on any atom is 0.338 e. The lowest BCUT2D eigenvalue weighted by Gasteiger charge is -2.16. The van der Waals surface area contributed by atoms with E-state index in [1.165, 1.54) is 6.92 Å². The fourth-order valence-electron chi connectivity index (χ4n) is 3.37. The molecule has 0 aromatic heterocycles. The molecule has 1 saturated heterocycles. The SMILES string of the molecule is CC(=O)N[C@H](C)c1ccc(C(=O)COC(=O)c2cccc(N3CCCC3=O)c2)cc1. The summed E-state index contributed by atoms with van der Waals surface area (Å²) in [6.07, 6.45) is 1.30. The van der Waals surface area contributed by atoms with Crippen LogP contribution in [-0.2, 0) is 14.3 Å². The highest BCUT2D eigenvalue weighted by Crippen LogP contribution is 2.22. The largest absolute Gasteiger partial charge is 0.454 e. The molecule has 1 atom stereocenters. The van der Waals surface area contributed by atoms with Crippen molar-refractivity contribution in [2.45, 2.75) is 32.7 Å². The second-order valence-electron chi connectivity index (χ2n) is 7.24. The minimum absolute atomic E-state index is 0.0342. The number of ketones is 1. The third-order valence-corrected chi connectivity index (χ3v) is 4.95. The molecule has 0 aliphatic carbocycles. The molecule has 1 fully saturated rings. The standard InChI is InChI=1S/C23H24N2O5/c1-15(24-16(2)26)17-8-10-18(11-9-17)21(27)14-30-23(29)19-5-3-6-20(13-19)25-12-4-7-22(25)28/h3,5-6,8-11,13,15H,4,7,12,14H2,1-2H3,(H,24,26)/t15-/m1/s1. The number of ether oxygens (including phenoxy) is 1. The van der Waals surface area contributed by atoms with Crippen molar-refractivity contribution in [1.29, 1.82) is 0 Å². The van der Waals surface area contributed by atoms with Crippen LogP contribution in [0.1, 0.15) is 59.0 Å². The van der Waals surface area contributed by atoms with Crippen molar-refractivity contribution in [2.75, 3.05) is 18.1 Å². The molecule has 0 saturated carbocycles. The van der Waals surface area contributed by atoms with Gasteiger partial charge in [-0.2, -0.15) is 0 Å². The summed E-state index contributed by atoms with van der Waals surface area (Å²) in [5.74, 6) is -1.04. The van der Waals surface area contributed by atoms with E-state index < -0.39 is 5.97 Å². The molecule has 0 spiro atoms. The van der Waals surface area contributed by atoms with Crippen LogP contribution in [0.25, 0.3) is 0 Å². The third kappa shape index (κ3) is 5.11. The van der Waals surface area contributed by atoms with Crippen LogP contribution in [0.2, 0.25) is 0 Å². The minimum Gasteiger partial charge on any atom is -0.454 e. The van der Waals surface area contributed by atoms with Crippen LogP contribution in [0.3, 0.4) is 0 Å². The van der Waals surface area contributed by atoms with E-state index in [1.54, 1.807) is 53.4 Å². The van der Waals surface area contributed by atoms with Crippen LogP contribution in [0.4, 0.5) is 5.69 Å². The van der Waals surface area contributed by atoms with Gasteiger partial charge in [-0.3, -0.25) is 14.4 Å². The summed E-state index contributed by atoms with van der Waals surface area (Å²) in [6.45, 7) is 3.55.